The highest BCUT2D eigenvalue weighted by molar-refractivity contribution is 6.09. The first-order valence-electron chi connectivity index (χ1n) is 10.6. The van der Waals surface area contributed by atoms with E-state index in [0.29, 0.717) is 16.8 Å². The van der Waals surface area contributed by atoms with Crippen molar-refractivity contribution in [3.63, 3.8) is 0 Å². The van der Waals surface area contributed by atoms with Gasteiger partial charge in [0.25, 0.3) is 0 Å². The Morgan fingerprint density at radius 3 is 1.81 bits per heavy atom. The highest BCUT2D eigenvalue weighted by Gasteiger charge is 2.11. The number of hydrogen-bond donors (Lipinski definition) is 0. The SMILES string of the molecule is CCN(CC[N+](C)(C)C)c1ccc(N=Nc2ccc(C(=O)c3ccccc3)cc2)cc1. The number of azo groups is 1. The second-order valence-corrected chi connectivity index (χ2v) is 8.55. The van der Waals surface area contributed by atoms with Gasteiger partial charge in [0.1, 0.15) is 0 Å². The van der Waals surface area contributed by atoms with Crippen LogP contribution in [-0.2, 0) is 0 Å². The van der Waals surface area contributed by atoms with Gasteiger partial charge in [-0.15, -0.1) is 0 Å². The average molecular weight is 416 g/mol. The van der Waals surface area contributed by atoms with Gasteiger partial charge in [0.15, 0.2) is 5.78 Å². The Morgan fingerprint density at radius 1 is 0.774 bits per heavy atom. The summed E-state index contributed by atoms with van der Waals surface area (Å²) in [6, 6.07) is 24.6. The summed E-state index contributed by atoms with van der Waals surface area (Å²) >= 11 is 0. The van der Waals surface area contributed by atoms with Crippen molar-refractivity contribution < 1.29 is 9.28 Å². The quantitative estimate of drug-likeness (QED) is 0.249. The second-order valence-electron chi connectivity index (χ2n) is 8.55. The van der Waals surface area contributed by atoms with E-state index in [1.807, 2.05) is 54.6 Å². The molecule has 0 fully saturated rings. The molecule has 0 aliphatic rings. The molecule has 0 aromatic heterocycles. The van der Waals surface area contributed by atoms with E-state index in [9.17, 15) is 4.79 Å². The van der Waals surface area contributed by atoms with Gasteiger partial charge in [-0.25, -0.2) is 0 Å². The van der Waals surface area contributed by atoms with Crippen LogP contribution in [0.3, 0.4) is 0 Å². The lowest BCUT2D eigenvalue weighted by molar-refractivity contribution is -0.868. The van der Waals surface area contributed by atoms with Crippen molar-refractivity contribution in [2.75, 3.05) is 45.7 Å². The van der Waals surface area contributed by atoms with Crippen LogP contribution in [-0.4, -0.2) is 51.0 Å². The number of anilines is 1. The third-order valence-electron chi connectivity index (χ3n) is 5.08. The fourth-order valence-corrected chi connectivity index (χ4v) is 3.17. The minimum absolute atomic E-state index is 0.00502. The molecular weight excluding hydrogens is 384 g/mol. The Labute approximate surface area is 185 Å². The van der Waals surface area contributed by atoms with Crippen LogP contribution in [0.4, 0.5) is 17.1 Å². The Bertz CT molecular complexity index is 1000. The summed E-state index contributed by atoms with van der Waals surface area (Å²) in [6.07, 6.45) is 0. The molecule has 0 amide bonds. The summed E-state index contributed by atoms with van der Waals surface area (Å²) in [4.78, 5) is 14.9. The van der Waals surface area contributed by atoms with Crippen LogP contribution in [0.15, 0.2) is 89.1 Å². The Hall–Kier alpha value is -3.31. The van der Waals surface area contributed by atoms with Crippen LogP contribution in [0.2, 0.25) is 0 Å². The Balaban J connectivity index is 1.63. The number of rotatable bonds is 9. The molecule has 3 aromatic carbocycles. The molecule has 0 atom stereocenters. The number of carbonyl (C=O) groups is 1. The fraction of sp³-hybridized carbons (Fsp3) is 0.269. The van der Waals surface area contributed by atoms with Crippen LogP contribution >= 0.6 is 0 Å². The molecule has 0 unspecified atom stereocenters. The zero-order valence-electron chi connectivity index (χ0n) is 18.8. The third kappa shape index (κ3) is 6.59. The number of hydrogen-bond acceptors (Lipinski definition) is 4. The van der Waals surface area contributed by atoms with E-state index in [2.05, 4.69) is 55.3 Å². The average Bonchev–Trinajstić information content (AvgIpc) is 2.78. The predicted octanol–water partition coefficient (Wildman–Crippen LogP) is 5.87. The van der Waals surface area contributed by atoms with E-state index >= 15 is 0 Å². The van der Waals surface area contributed by atoms with E-state index in [1.54, 1.807) is 12.1 Å². The topological polar surface area (TPSA) is 45.0 Å². The van der Waals surface area contributed by atoms with Gasteiger partial charge in [0, 0.05) is 23.4 Å². The molecule has 31 heavy (non-hydrogen) atoms. The lowest BCUT2D eigenvalue weighted by Crippen LogP contribution is -2.42. The number of ketones is 1. The maximum Gasteiger partial charge on any atom is 0.193 e. The lowest BCUT2D eigenvalue weighted by Gasteiger charge is -2.29. The fourth-order valence-electron chi connectivity index (χ4n) is 3.17. The van der Waals surface area contributed by atoms with Crippen molar-refractivity contribution in [1.82, 2.24) is 0 Å². The molecule has 5 nitrogen and oxygen atoms in total. The molecule has 0 heterocycles. The van der Waals surface area contributed by atoms with E-state index in [4.69, 9.17) is 0 Å². The third-order valence-corrected chi connectivity index (χ3v) is 5.08. The van der Waals surface area contributed by atoms with Crippen LogP contribution in [0.1, 0.15) is 22.8 Å². The largest absolute Gasteiger partial charge is 0.366 e. The van der Waals surface area contributed by atoms with Gasteiger partial charge in [-0.2, -0.15) is 10.2 Å². The van der Waals surface area contributed by atoms with Gasteiger partial charge in [0.05, 0.1) is 45.6 Å². The van der Waals surface area contributed by atoms with Crippen LogP contribution in [0.5, 0.6) is 0 Å². The standard InChI is InChI=1S/C26H31N4O/c1-5-29(19-20-30(2,3)4)25-17-15-24(16-18-25)28-27-23-13-11-22(12-14-23)26(31)21-9-7-6-8-10-21/h6-18H,5,19-20H2,1-4H3/q+1. The van der Waals surface area contributed by atoms with E-state index in [1.165, 1.54) is 5.69 Å². The number of carbonyl (C=O) groups excluding carboxylic acids is 1. The van der Waals surface area contributed by atoms with Crippen molar-refractivity contribution in [1.29, 1.82) is 0 Å². The predicted molar refractivity (Wildman–Crippen MR) is 128 cm³/mol. The van der Waals surface area contributed by atoms with Crippen LogP contribution < -0.4 is 4.90 Å². The summed E-state index contributed by atoms with van der Waals surface area (Å²) in [5.41, 5.74) is 4.03. The maximum absolute atomic E-state index is 12.5. The summed E-state index contributed by atoms with van der Waals surface area (Å²) in [5.74, 6) is 0.00502. The Morgan fingerprint density at radius 2 is 1.29 bits per heavy atom. The maximum atomic E-state index is 12.5. The normalized spacial score (nSPS) is 11.6. The molecule has 0 aliphatic carbocycles. The zero-order chi connectivity index (χ0) is 22.3. The summed E-state index contributed by atoms with van der Waals surface area (Å²) < 4.78 is 0.943. The smallest absolute Gasteiger partial charge is 0.193 e. The van der Waals surface area contributed by atoms with Crippen molar-refractivity contribution in [2.45, 2.75) is 6.92 Å². The van der Waals surface area contributed by atoms with Gasteiger partial charge in [-0.1, -0.05) is 30.3 Å². The highest BCUT2D eigenvalue weighted by Crippen LogP contribution is 2.23. The van der Waals surface area contributed by atoms with E-state index in [-0.39, 0.29) is 5.78 Å². The number of likely N-dealkylation sites (N-methyl/N-ethyl adjacent to an activating group) is 2. The molecule has 5 heteroatoms. The zero-order valence-corrected chi connectivity index (χ0v) is 18.8. The van der Waals surface area contributed by atoms with Crippen LogP contribution in [0.25, 0.3) is 0 Å². The van der Waals surface area contributed by atoms with Crippen molar-refractivity contribution >= 4 is 22.8 Å². The van der Waals surface area contributed by atoms with Crippen LogP contribution in [0, 0.1) is 0 Å². The Kier molecular flexibility index (Phi) is 7.32. The number of quaternary nitrogens is 1. The van der Waals surface area contributed by atoms with Crippen molar-refractivity contribution in [3.8, 4) is 0 Å². The minimum Gasteiger partial charge on any atom is -0.366 e. The van der Waals surface area contributed by atoms with Crippen molar-refractivity contribution in [3.05, 3.63) is 90.0 Å². The highest BCUT2D eigenvalue weighted by atomic mass is 16.1. The van der Waals surface area contributed by atoms with Gasteiger partial charge in [0.2, 0.25) is 0 Å². The monoisotopic (exact) mass is 415 g/mol. The first-order valence-corrected chi connectivity index (χ1v) is 10.6. The first kappa shape index (κ1) is 22.4. The molecule has 0 saturated heterocycles. The first-order chi connectivity index (χ1) is 14.9. The summed E-state index contributed by atoms with van der Waals surface area (Å²) in [5, 5.41) is 8.65. The molecule has 160 valence electrons. The summed E-state index contributed by atoms with van der Waals surface area (Å²) in [6.45, 7) is 5.23. The van der Waals surface area contributed by atoms with E-state index in [0.717, 1.165) is 29.8 Å². The molecule has 0 saturated carbocycles. The molecule has 0 bridgehead atoms. The lowest BCUT2D eigenvalue weighted by atomic mass is 10.0. The molecular formula is C26H31N4O+. The van der Waals surface area contributed by atoms with Crippen molar-refractivity contribution in [2.24, 2.45) is 10.2 Å². The van der Waals surface area contributed by atoms with Gasteiger partial charge >= 0.3 is 0 Å². The van der Waals surface area contributed by atoms with Gasteiger partial charge in [-0.3, -0.25) is 4.79 Å². The molecule has 3 rings (SSSR count). The molecule has 0 radical (unpaired) electrons. The van der Waals surface area contributed by atoms with Gasteiger partial charge in [-0.05, 0) is 55.5 Å². The number of benzene rings is 3. The molecule has 3 aromatic rings. The second kappa shape index (κ2) is 10.1. The minimum atomic E-state index is 0.00502. The molecule has 0 aliphatic heterocycles. The van der Waals surface area contributed by atoms with E-state index < -0.39 is 0 Å². The van der Waals surface area contributed by atoms with Gasteiger partial charge < -0.3 is 9.38 Å². The molecule has 0 N–H and O–H groups in total. The molecule has 0 spiro atoms. The summed E-state index contributed by atoms with van der Waals surface area (Å²) in [7, 11) is 6.63. The number of nitrogens with zero attached hydrogens (tertiary/aromatic N) is 4.